The molecule has 2 aliphatic rings. The highest BCUT2D eigenvalue weighted by atomic mass is 32.1. The van der Waals surface area contributed by atoms with Gasteiger partial charge in [-0.2, -0.15) is 0 Å². The highest BCUT2D eigenvalue weighted by molar-refractivity contribution is 7.09. The van der Waals surface area contributed by atoms with Gasteiger partial charge in [-0.1, -0.05) is 0 Å². The summed E-state index contributed by atoms with van der Waals surface area (Å²) in [5.41, 5.74) is 0.468. The first-order chi connectivity index (χ1) is 11.6. The van der Waals surface area contributed by atoms with Gasteiger partial charge in [0.1, 0.15) is 10.8 Å². The Balaban J connectivity index is 1.36. The smallest absolute Gasteiger partial charge is 0.255 e. The van der Waals surface area contributed by atoms with E-state index in [1.165, 1.54) is 28.8 Å². The van der Waals surface area contributed by atoms with Crippen LogP contribution in [0.3, 0.4) is 0 Å². The number of aryl methyl sites for hydroxylation is 1. The lowest BCUT2D eigenvalue weighted by atomic mass is 9.92. The van der Waals surface area contributed by atoms with E-state index in [0.29, 0.717) is 11.5 Å². The van der Waals surface area contributed by atoms with Crippen molar-refractivity contribution in [1.82, 2.24) is 19.4 Å². The molecular formula is C17H23N5OS. The first-order valence-corrected chi connectivity index (χ1v) is 9.32. The van der Waals surface area contributed by atoms with Crippen LogP contribution >= 0.6 is 11.3 Å². The van der Waals surface area contributed by atoms with Gasteiger partial charge in [0, 0.05) is 43.8 Å². The minimum atomic E-state index is 0.00719. The molecule has 1 aliphatic carbocycles. The van der Waals surface area contributed by atoms with Crippen molar-refractivity contribution in [3.8, 4) is 0 Å². The van der Waals surface area contributed by atoms with E-state index in [4.69, 9.17) is 0 Å². The van der Waals surface area contributed by atoms with Crippen LogP contribution in [0.5, 0.6) is 0 Å². The molecule has 1 unspecified atom stereocenters. The van der Waals surface area contributed by atoms with E-state index in [0.717, 1.165) is 25.5 Å². The van der Waals surface area contributed by atoms with Crippen LogP contribution in [0.4, 0.5) is 5.82 Å². The minimum Gasteiger partial charge on any atom is -0.356 e. The normalized spacial score (nSPS) is 22.3. The first kappa shape index (κ1) is 15.8. The molecule has 0 N–H and O–H groups in total. The van der Waals surface area contributed by atoms with Crippen LogP contribution in [0.15, 0.2) is 28.8 Å². The molecule has 3 heterocycles. The molecule has 2 fully saturated rings. The zero-order valence-electron chi connectivity index (χ0n) is 14.2. The Morgan fingerprint density at radius 3 is 2.83 bits per heavy atom. The average Bonchev–Trinajstić information content (AvgIpc) is 3.02. The fraction of sp³-hybridized carbons (Fsp3) is 0.588. The van der Waals surface area contributed by atoms with Crippen molar-refractivity contribution in [2.24, 2.45) is 12.5 Å². The van der Waals surface area contributed by atoms with Gasteiger partial charge in [0.05, 0.1) is 12.9 Å². The number of hydrogen-bond acceptors (Lipinski definition) is 6. The van der Waals surface area contributed by atoms with E-state index < -0.39 is 0 Å². The van der Waals surface area contributed by atoms with Gasteiger partial charge in [-0.15, -0.1) is 11.3 Å². The summed E-state index contributed by atoms with van der Waals surface area (Å²) in [4.78, 5) is 25.3. The lowest BCUT2D eigenvalue weighted by Gasteiger charge is -2.34. The van der Waals surface area contributed by atoms with E-state index in [2.05, 4.69) is 26.8 Å². The monoisotopic (exact) mass is 345 g/mol. The van der Waals surface area contributed by atoms with Gasteiger partial charge in [-0.05, 0) is 31.7 Å². The molecule has 24 heavy (non-hydrogen) atoms. The van der Waals surface area contributed by atoms with Crippen LogP contribution in [-0.4, -0.2) is 45.6 Å². The Morgan fingerprint density at radius 2 is 2.17 bits per heavy atom. The zero-order valence-corrected chi connectivity index (χ0v) is 15.0. The van der Waals surface area contributed by atoms with Gasteiger partial charge < -0.3 is 9.47 Å². The van der Waals surface area contributed by atoms with Crippen LogP contribution in [0.2, 0.25) is 0 Å². The number of rotatable bonds is 4. The lowest BCUT2D eigenvalue weighted by molar-refractivity contribution is 0.238. The fourth-order valence-electron chi connectivity index (χ4n) is 3.95. The molecule has 1 saturated heterocycles. The quantitative estimate of drug-likeness (QED) is 0.845. The summed E-state index contributed by atoms with van der Waals surface area (Å²) in [6.07, 6.45) is 7.14. The van der Waals surface area contributed by atoms with E-state index in [-0.39, 0.29) is 5.56 Å². The van der Waals surface area contributed by atoms with E-state index >= 15 is 0 Å². The molecule has 0 bridgehead atoms. The Morgan fingerprint density at radius 1 is 1.38 bits per heavy atom. The minimum absolute atomic E-state index is 0.00719. The number of thiazole rings is 1. The molecule has 6 nitrogen and oxygen atoms in total. The van der Waals surface area contributed by atoms with Crippen molar-refractivity contribution < 1.29 is 0 Å². The first-order valence-electron chi connectivity index (χ1n) is 8.44. The van der Waals surface area contributed by atoms with Crippen LogP contribution in [0.1, 0.15) is 24.3 Å². The molecule has 0 aromatic carbocycles. The van der Waals surface area contributed by atoms with Crippen molar-refractivity contribution in [3.63, 3.8) is 0 Å². The molecule has 0 amide bonds. The number of nitrogens with zero attached hydrogens (tertiary/aromatic N) is 5. The molecule has 1 spiro atoms. The van der Waals surface area contributed by atoms with E-state index in [9.17, 15) is 4.79 Å². The Bertz CT molecular complexity index is 764. The van der Waals surface area contributed by atoms with Crippen molar-refractivity contribution in [2.75, 3.05) is 25.0 Å². The largest absolute Gasteiger partial charge is 0.356 e. The summed E-state index contributed by atoms with van der Waals surface area (Å²) in [5.74, 6) is 0.821. The molecule has 4 rings (SSSR count). The molecule has 1 saturated carbocycles. The van der Waals surface area contributed by atoms with Gasteiger partial charge in [0.15, 0.2) is 0 Å². The highest BCUT2D eigenvalue weighted by Crippen LogP contribution is 2.56. The third-order valence-electron chi connectivity index (χ3n) is 5.59. The Kier molecular flexibility index (Phi) is 3.92. The molecular weight excluding hydrogens is 322 g/mol. The van der Waals surface area contributed by atoms with E-state index in [1.807, 2.05) is 11.6 Å². The van der Waals surface area contributed by atoms with Crippen LogP contribution < -0.4 is 10.5 Å². The van der Waals surface area contributed by atoms with Crippen molar-refractivity contribution in [3.05, 3.63) is 39.3 Å². The zero-order chi connectivity index (χ0) is 16.7. The predicted octanol–water partition coefficient (Wildman–Crippen LogP) is 1.73. The van der Waals surface area contributed by atoms with E-state index in [1.54, 1.807) is 30.8 Å². The van der Waals surface area contributed by atoms with Gasteiger partial charge in [-0.3, -0.25) is 9.69 Å². The van der Waals surface area contributed by atoms with Crippen molar-refractivity contribution >= 4 is 17.2 Å². The lowest BCUT2D eigenvalue weighted by Crippen LogP contribution is -2.39. The fourth-order valence-corrected chi connectivity index (χ4v) is 4.63. The predicted molar refractivity (Wildman–Crippen MR) is 95.3 cm³/mol. The third kappa shape index (κ3) is 2.86. The second-order valence-corrected chi connectivity index (χ2v) is 8.09. The van der Waals surface area contributed by atoms with Gasteiger partial charge in [-0.25, -0.2) is 9.97 Å². The molecule has 128 valence electrons. The van der Waals surface area contributed by atoms with Crippen molar-refractivity contribution in [2.45, 2.75) is 31.8 Å². The Labute approximate surface area is 145 Å². The molecule has 2 aromatic rings. The standard InChI is InChI=1S/C17H23N5OS/c1-20(11-15-18-5-8-24-15)13-10-17(13)3-6-22(7-4-17)14-9-16(23)21(2)12-19-14/h5,8-9,12-13H,3-4,6-7,10-11H2,1-2H3. The summed E-state index contributed by atoms with van der Waals surface area (Å²) in [6.45, 7) is 2.92. The summed E-state index contributed by atoms with van der Waals surface area (Å²) in [5, 5.41) is 3.24. The number of hydrogen-bond donors (Lipinski definition) is 0. The third-order valence-corrected chi connectivity index (χ3v) is 6.36. The maximum Gasteiger partial charge on any atom is 0.255 e. The summed E-state index contributed by atoms with van der Waals surface area (Å²) in [6, 6.07) is 2.32. The van der Waals surface area contributed by atoms with Gasteiger partial charge in [0.2, 0.25) is 0 Å². The number of aromatic nitrogens is 3. The average molecular weight is 345 g/mol. The molecule has 0 radical (unpaired) electrons. The van der Waals surface area contributed by atoms with Gasteiger partial charge >= 0.3 is 0 Å². The molecule has 1 aliphatic heterocycles. The highest BCUT2D eigenvalue weighted by Gasteiger charge is 2.56. The maximum absolute atomic E-state index is 11.8. The second kappa shape index (κ2) is 5.97. The van der Waals surface area contributed by atoms with Gasteiger partial charge in [0.25, 0.3) is 5.56 Å². The van der Waals surface area contributed by atoms with Crippen LogP contribution in [0.25, 0.3) is 0 Å². The van der Waals surface area contributed by atoms with Crippen LogP contribution in [-0.2, 0) is 13.6 Å². The summed E-state index contributed by atoms with van der Waals surface area (Å²) >= 11 is 1.73. The Hall–Kier alpha value is -1.73. The van der Waals surface area contributed by atoms with Crippen LogP contribution in [0, 0.1) is 5.41 Å². The number of anilines is 1. The topological polar surface area (TPSA) is 54.3 Å². The van der Waals surface area contributed by atoms with Crippen molar-refractivity contribution in [1.29, 1.82) is 0 Å². The maximum atomic E-state index is 11.8. The molecule has 1 atom stereocenters. The SMILES string of the molecule is CN(Cc1nccs1)C1CC12CCN(c1cc(=O)n(C)cn1)CC2. The second-order valence-electron chi connectivity index (χ2n) is 7.11. The summed E-state index contributed by atoms with van der Waals surface area (Å²) < 4.78 is 1.51. The number of piperidine rings is 1. The summed E-state index contributed by atoms with van der Waals surface area (Å²) in [7, 11) is 3.95. The molecule has 2 aromatic heterocycles. The molecule has 7 heteroatoms.